The van der Waals surface area contributed by atoms with Crippen molar-refractivity contribution in [2.45, 2.75) is 97.0 Å². The summed E-state index contributed by atoms with van der Waals surface area (Å²) in [6.45, 7) is 5.75. The van der Waals surface area contributed by atoms with Gasteiger partial charge in [-0.1, -0.05) is 66.2 Å². The van der Waals surface area contributed by atoms with Crippen molar-refractivity contribution in [2.75, 3.05) is 4.43 Å². The largest absolute Gasteiger partial charge is 0.460 e. The Morgan fingerprint density at radius 2 is 1.38 bits per heavy atom. The molecule has 140 valence electrons. The van der Waals surface area contributed by atoms with Gasteiger partial charge in [0.1, 0.15) is 5.60 Å². The minimum atomic E-state index is -0.353. The molecule has 0 unspecified atom stereocenters. The van der Waals surface area contributed by atoms with Crippen LogP contribution in [0.5, 0.6) is 0 Å². The molecule has 0 saturated carbocycles. The van der Waals surface area contributed by atoms with Crippen LogP contribution in [0.2, 0.25) is 0 Å². The average Bonchev–Trinajstić information content (AvgIpc) is 2.49. The van der Waals surface area contributed by atoms with Gasteiger partial charge in [-0.05, 0) is 70.1 Å². The van der Waals surface area contributed by atoms with E-state index in [-0.39, 0.29) is 11.6 Å². The van der Waals surface area contributed by atoms with E-state index in [2.05, 4.69) is 46.9 Å². The van der Waals surface area contributed by atoms with Gasteiger partial charge in [0, 0.05) is 6.42 Å². The molecule has 0 radical (unpaired) electrons. The summed E-state index contributed by atoms with van der Waals surface area (Å²) in [6, 6.07) is 0. The molecule has 0 amide bonds. The second-order valence-corrected chi connectivity index (χ2v) is 8.33. The molecule has 0 aromatic carbocycles. The number of halogens is 1. The van der Waals surface area contributed by atoms with Crippen molar-refractivity contribution < 1.29 is 9.53 Å². The third kappa shape index (κ3) is 19.7. The van der Waals surface area contributed by atoms with Crippen LogP contribution in [0.15, 0.2) is 24.3 Å². The number of rotatable bonds is 14. The molecule has 0 aromatic heterocycles. The molecule has 0 N–H and O–H groups in total. The Kier molecular flexibility index (Phi) is 15.9. The van der Waals surface area contributed by atoms with E-state index in [1.807, 2.05) is 20.8 Å². The predicted molar refractivity (Wildman–Crippen MR) is 114 cm³/mol. The van der Waals surface area contributed by atoms with E-state index in [4.69, 9.17) is 4.74 Å². The zero-order chi connectivity index (χ0) is 18.1. The Morgan fingerprint density at radius 1 is 0.833 bits per heavy atom. The number of esters is 1. The third-order valence-corrected chi connectivity index (χ3v) is 4.29. The van der Waals surface area contributed by atoms with E-state index >= 15 is 0 Å². The van der Waals surface area contributed by atoms with Gasteiger partial charge >= 0.3 is 5.97 Å². The minimum absolute atomic E-state index is 0.0622. The quantitative estimate of drug-likeness (QED) is 0.0926. The maximum atomic E-state index is 11.6. The maximum Gasteiger partial charge on any atom is 0.306 e. The molecule has 0 saturated heterocycles. The number of hydrogen-bond donors (Lipinski definition) is 0. The lowest BCUT2D eigenvalue weighted by atomic mass is 10.1. The Morgan fingerprint density at radius 3 is 1.96 bits per heavy atom. The summed E-state index contributed by atoms with van der Waals surface area (Å²) < 4.78 is 6.57. The summed E-state index contributed by atoms with van der Waals surface area (Å²) in [6.07, 6.45) is 21.6. The van der Waals surface area contributed by atoms with Crippen molar-refractivity contribution in [1.29, 1.82) is 0 Å². The van der Waals surface area contributed by atoms with Gasteiger partial charge < -0.3 is 4.74 Å². The second-order valence-electron chi connectivity index (χ2n) is 7.26. The molecule has 2 nitrogen and oxygen atoms in total. The highest BCUT2D eigenvalue weighted by Gasteiger charge is 2.15. The summed E-state index contributed by atoms with van der Waals surface area (Å²) in [7, 11) is 0. The first-order valence-electron chi connectivity index (χ1n) is 9.53. The topological polar surface area (TPSA) is 26.3 Å². The lowest BCUT2D eigenvalue weighted by Gasteiger charge is -2.19. The smallest absolute Gasteiger partial charge is 0.306 e. The lowest BCUT2D eigenvalue weighted by Crippen LogP contribution is -2.23. The molecule has 0 spiro atoms. The monoisotopic (exact) mass is 448 g/mol. The molecule has 0 fully saturated rings. The van der Waals surface area contributed by atoms with Crippen molar-refractivity contribution in [1.82, 2.24) is 0 Å². The van der Waals surface area contributed by atoms with Crippen molar-refractivity contribution in [3.63, 3.8) is 0 Å². The molecule has 0 heterocycles. The van der Waals surface area contributed by atoms with Crippen LogP contribution in [-0.2, 0) is 9.53 Å². The Balaban J connectivity index is 3.33. The maximum absolute atomic E-state index is 11.6. The van der Waals surface area contributed by atoms with Crippen LogP contribution in [0, 0.1) is 0 Å². The zero-order valence-corrected chi connectivity index (χ0v) is 18.1. The first kappa shape index (κ1) is 23.7. The van der Waals surface area contributed by atoms with E-state index in [0.29, 0.717) is 6.42 Å². The van der Waals surface area contributed by atoms with Crippen molar-refractivity contribution in [2.24, 2.45) is 0 Å². The number of allylic oxidation sites excluding steroid dienone is 4. The van der Waals surface area contributed by atoms with E-state index in [1.165, 1.54) is 49.4 Å². The molecule has 0 rings (SSSR count). The number of unbranched alkanes of at least 4 members (excludes halogenated alkanes) is 7. The van der Waals surface area contributed by atoms with Gasteiger partial charge in [0.2, 0.25) is 0 Å². The normalized spacial score (nSPS) is 12.3. The van der Waals surface area contributed by atoms with Gasteiger partial charge in [0.05, 0.1) is 0 Å². The van der Waals surface area contributed by atoms with Crippen LogP contribution in [0.4, 0.5) is 0 Å². The van der Waals surface area contributed by atoms with Crippen LogP contribution in [0.1, 0.15) is 91.4 Å². The number of ether oxygens (including phenoxy) is 1. The molecular weight excluding hydrogens is 411 g/mol. The molecule has 24 heavy (non-hydrogen) atoms. The van der Waals surface area contributed by atoms with Crippen LogP contribution in [0.3, 0.4) is 0 Å². The molecule has 0 aromatic rings. The summed E-state index contributed by atoms with van der Waals surface area (Å²) in [5.74, 6) is -0.0622. The Hall–Kier alpha value is -0.320. The summed E-state index contributed by atoms with van der Waals surface area (Å²) in [5, 5.41) is 0. The first-order chi connectivity index (χ1) is 11.5. The summed E-state index contributed by atoms with van der Waals surface area (Å²) >= 11 is 2.44. The van der Waals surface area contributed by atoms with Gasteiger partial charge in [0.25, 0.3) is 0 Å². The van der Waals surface area contributed by atoms with Crippen molar-refractivity contribution in [3.05, 3.63) is 24.3 Å². The second kappa shape index (κ2) is 16.2. The van der Waals surface area contributed by atoms with Crippen LogP contribution >= 0.6 is 22.6 Å². The van der Waals surface area contributed by atoms with E-state index in [0.717, 1.165) is 19.3 Å². The van der Waals surface area contributed by atoms with Crippen LogP contribution in [0.25, 0.3) is 0 Å². The van der Waals surface area contributed by atoms with Crippen LogP contribution < -0.4 is 0 Å². The number of carbonyl (C=O) groups excluding carboxylic acids is 1. The summed E-state index contributed by atoms with van der Waals surface area (Å²) in [4.78, 5) is 11.6. The van der Waals surface area contributed by atoms with E-state index < -0.39 is 0 Å². The number of alkyl halides is 1. The highest BCUT2D eigenvalue weighted by Crippen LogP contribution is 2.12. The van der Waals surface area contributed by atoms with Crippen molar-refractivity contribution >= 4 is 28.6 Å². The fraction of sp³-hybridized carbons (Fsp3) is 0.762. The van der Waals surface area contributed by atoms with E-state index in [9.17, 15) is 4.79 Å². The van der Waals surface area contributed by atoms with Gasteiger partial charge in [-0.15, -0.1) is 0 Å². The Labute approximate surface area is 163 Å². The van der Waals surface area contributed by atoms with Gasteiger partial charge in [-0.25, -0.2) is 0 Å². The molecule has 0 atom stereocenters. The number of carbonyl (C=O) groups is 1. The lowest BCUT2D eigenvalue weighted by molar-refractivity contribution is -0.154. The zero-order valence-electron chi connectivity index (χ0n) is 16.0. The molecule has 0 bridgehead atoms. The molecule has 0 aliphatic carbocycles. The van der Waals surface area contributed by atoms with Gasteiger partial charge in [0.15, 0.2) is 0 Å². The molecule has 0 aliphatic heterocycles. The first-order valence-corrected chi connectivity index (χ1v) is 11.1. The van der Waals surface area contributed by atoms with E-state index in [1.54, 1.807) is 0 Å². The van der Waals surface area contributed by atoms with Gasteiger partial charge in [-0.2, -0.15) is 0 Å². The van der Waals surface area contributed by atoms with Crippen molar-refractivity contribution in [3.8, 4) is 0 Å². The predicted octanol–water partition coefficient (Wildman–Crippen LogP) is 7.17. The summed E-state index contributed by atoms with van der Waals surface area (Å²) in [5.41, 5.74) is -0.353. The average molecular weight is 448 g/mol. The highest BCUT2D eigenvalue weighted by atomic mass is 127. The Bertz CT molecular complexity index is 353. The SMILES string of the molecule is CC(C)(C)OC(=O)CCCCCCC/C=C\C/C=C\CCCCI. The molecule has 3 heteroatoms. The fourth-order valence-electron chi connectivity index (χ4n) is 2.32. The minimum Gasteiger partial charge on any atom is -0.460 e. The highest BCUT2D eigenvalue weighted by molar-refractivity contribution is 14.1. The molecular formula is C21H37IO2. The standard InChI is InChI=1S/C21H37IO2/c1-21(2,3)24-20(23)18-16-14-12-10-8-6-4-5-7-9-11-13-15-17-19-22/h4-5,9,11H,6-8,10,12-19H2,1-3H3/b5-4-,11-9-. The fourth-order valence-corrected chi connectivity index (χ4v) is 2.86. The number of hydrogen-bond acceptors (Lipinski definition) is 2. The van der Waals surface area contributed by atoms with Crippen LogP contribution in [-0.4, -0.2) is 16.0 Å². The van der Waals surface area contributed by atoms with Gasteiger partial charge in [-0.3, -0.25) is 4.79 Å². The third-order valence-electron chi connectivity index (χ3n) is 3.53. The molecule has 0 aliphatic rings.